The van der Waals surface area contributed by atoms with E-state index in [0.29, 0.717) is 5.92 Å². The minimum Gasteiger partial charge on any atom is -0.481 e. The molecule has 0 aliphatic carbocycles. The van der Waals surface area contributed by atoms with Gasteiger partial charge < -0.3 is 5.11 Å². The van der Waals surface area contributed by atoms with Gasteiger partial charge in [0, 0.05) is 31.8 Å². The van der Waals surface area contributed by atoms with Crippen molar-refractivity contribution >= 4 is 38.0 Å². The van der Waals surface area contributed by atoms with Crippen LogP contribution in [-0.2, 0) is 34.6 Å². The molecule has 0 aromatic carbocycles. The molecule has 0 spiro atoms. The molecule has 1 aromatic heterocycles. The molecule has 0 fully saturated rings. The van der Waals surface area contributed by atoms with E-state index in [2.05, 4.69) is 29.0 Å². The number of nitrogens with one attached hydrogen (secondary N) is 3. The molecule has 14 nitrogen and oxygen atoms in total. The fourth-order valence-corrected chi connectivity index (χ4v) is 2.40. The molecule has 2 amide bonds. The highest BCUT2D eigenvalue weighted by molar-refractivity contribution is 7.89. The van der Waals surface area contributed by atoms with Crippen molar-refractivity contribution in [2.75, 3.05) is 20.4 Å². The van der Waals surface area contributed by atoms with Crippen molar-refractivity contribution in [1.82, 2.24) is 28.9 Å². The summed E-state index contributed by atoms with van der Waals surface area (Å²) in [6, 6.07) is 0. The van der Waals surface area contributed by atoms with Crippen LogP contribution < -0.4 is 9.44 Å². The number of aromatic amines is 1. The average molecular weight is 559 g/mol. The van der Waals surface area contributed by atoms with Crippen molar-refractivity contribution < 1.29 is 36.3 Å². The van der Waals surface area contributed by atoms with Crippen molar-refractivity contribution in [3.8, 4) is 0 Å². The summed E-state index contributed by atoms with van der Waals surface area (Å²) >= 11 is 0. The van der Waals surface area contributed by atoms with Crippen LogP contribution in [0.3, 0.4) is 0 Å². The molecule has 1 aromatic rings. The van der Waals surface area contributed by atoms with Crippen LogP contribution in [0.25, 0.3) is 0 Å². The number of carbonyl (C=O) groups is 3. The van der Waals surface area contributed by atoms with Gasteiger partial charge in [0.1, 0.15) is 12.2 Å². The van der Waals surface area contributed by atoms with Crippen LogP contribution in [0, 0.1) is 17.8 Å². The maximum Gasteiger partial charge on any atom is 0.305 e. The third kappa shape index (κ3) is 21.9. The second kappa shape index (κ2) is 17.8. The van der Waals surface area contributed by atoms with E-state index in [4.69, 9.17) is 5.11 Å². The van der Waals surface area contributed by atoms with Crippen LogP contribution in [0.4, 0.5) is 0 Å². The highest BCUT2D eigenvalue weighted by atomic mass is 32.2. The minimum atomic E-state index is -3.61. The van der Waals surface area contributed by atoms with E-state index in [1.54, 1.807) is 41.5 Å². The van der Waals surface area contributed by atoms with E-state index in [1.807, 2.05) is 9.44 Å². The number of carboxylic acid groups (broad SMARTS) is 1. The Hall–Kier alpha value is -2.59. The van der Waals surface area contributed by atoms with E-state index in [-0.39, 0.29) is 17.8 Å². The van der Waals surface area contributed by atoms with Gasteiger partial charge in [-0.3, -0.25) is 24.2 Å². The highest BCUT2D eigenvalue weighted by Crippen LogP contribution is 2.04. The lowest BCUT2D eigenvalue weighted by Gasteiger charge is -2.13. The van der Waals surface area contributed by atoms with Gasteiger partial charge in [0.15, 0.2) is 0 Å². The first-order valence-electron chi connectivity index (χ1n) is 10.9. The summed E-state index contributed by atoms with van der Waals surface area (Å²) in [7, 11) is -4.26. The average Bonchev–Trinajstić information content (AvgIpc) is 3.22. The molecule has 0 bridgehead atoms. The first-order chi connectivity index (χ1) is 16.0. The van der Waals surface area contributed by atoms with Crippen molar-refractivity contribution in [3.63, 3.8) is 0 Å². The molecule has 0 unspecified atom stereocenters. The first kappa shape index (κ1) is 37.9. The number of carboxylic acids is 1. The van der Waals surface area contributed by atoms with Crippen molar-refractivity contribution in [3.05, 3.63) is 12.2 Å². The molecular formula is C20H42N6O8S2. The predicted octanol–water partition coefficient (Wildman–Crippen LogP) is 0.938. The predicted molar refractivity (Wildman–Crippen MR) is 136 cm³/mol. The fourth-order valence-electron chi connectivity index (χ4n) is 1.13. The number of H-pyrrole nitrogens is 1. The van der Waals surface area contributed by atoms with Gasteiger partial charge in [0.2, 0.25) is 21.8 Å². The van der Waals surface area contributed by atoms with Crippen molar-refractivity contribution in [2.24, 2.45) is 17.8 Å². The van der Waals surface area contributed by atoms with E-state index in [1.165, 1.54) is 20.4 Å². The second-order valence-corrected chi connectivity index (χ2v) is 12.5. The summed E-state index contributed by atoms with van der Waals surface area (Å²) < 4.78 is 47.6. The highest BCUT2D eigenvalue weighted by Gasteiger charge is 2.18. The Morgan fingerprint density at radius 3 is 1.42 bits per heavy atom. The minimum absolute atomic E-state index is 0.231. The molecule has 0 saturated carbocycles. The zero-order chi connectivity index (χ0) is 29.4. The van der Waals surface area contributed by atoms with Gasteiger partial charge >= 0.3 is 16.2 Å². The molecule has 36 heavy (non-hydrogen) atoms. The molecule has 0 atom stereocenters. The second-order valence-electron chi connectivity index (χ2n) is 8.82. The van der Waals surface area contributed by atoms with Crippen molar-refractivity contribution in [1.29, 1.82) is 0 Å². The number of rotatable bonds is 7. The zero-order valence-corrected chi connectivity index (χ0v) is 24.5. The Labute approximate surface area is 214 Å². The van der Waals surface area contributed by atoms with Crippen LogP contribution in [0.15, 0.2) is 6.33 Å². The smallest absolute Gasteiger partial charge is 0.305 e. The molecule has 0 radical (unpaired) electrons. The van der Waals surface area contributed by atoms with Crippen LogP contribution in [0.5, 0.6) is 0 Å². The number of amides is 2. The summed E-state index contributed by atoms with van der Waals surface area (Å²) in [4.78, 5) is 35.3. The molecule has 0 aliphatic heterocycles. The number of carbonyl (C=O) groups excluding carboxylic acids is 2. The van der Waals surface area contributed by atoms with Gasteiger partial charge in [-0.2, -0.15) is 17.8 Å². The van der Waals surface area contributed by atoms with Gasteiger partial charge in [-0.05, 0) is 0 Å². The Morgan fingerprint density at radius 2 is 1.25 bits per heavy atom. The standard InChI is InChI=1S/C6H14N2O3S.C5H9N3.C5H11NO3S.C4H8O2/c1-5(2)6(9)7-12(10,11)8(3)4;1-4(2)5-6-3-7-8-5;1-4(2)5(7)6-10(3,8)9;1-3(2)4(5)6/h5H,1-4H3,(H,7,9);3-4H,1-2H3,(H,6,7,8);4H,1-3H3,(H,6,7);3H,1-2H3,(H,5,6). The number of sulfonamides is 1. The van der Waals surface area contributed by atoms with Crippen LogP contribution >= 0.6 is 0 Å². The number of hydrogen-bond donors (Lipinski definition) is 4. The van der Waals surface area contributed by atoms with Gasteiger partial charge in [-0.25, -0.2) is 18.1 Å². The van der Waals surface area contributed by atoms with Crippen LogP contribution in [-0.4, -0.2) is 79.6 Å². The number of nitrogens with zero attached hydrogens (tertiary/aromatic N) is 3. The normalized spacial score (nSPS) is 11.1. The maximum atomic E-state index is 11.0. The van der Waals surface area contributed by atoms with Gasteiger partial charge in [0.25, 0.3) is 0 Å². The fraction of sp³-hybridized carbons (Fsp3) is 0.750. The van der Waals surface area contributed by atoms with Gasteiger partial charge in [0.05, 0.1) is 12.2 Å². The van der Waals surface area contributed by atoms with Gasteiger partial charge in [-0.15, -0.1) is 0 Å². The van der Waals surface area contributed by atoms with Crippen LogP contribution in [0.1, 0.15) is 67.1 Å². The molecule has 16 heteroatoms. The number of aromatic nitrogens is 3. The summed E-state index contributed by atoms with van der Waals surface area (Å²) in [5, 5.41) is 14.5. The lowest BCUT2D eigenvalue weighted by molar-refractivity contribution is -0.140. The molecule has 1 heterocycles. The summed E-state index contributed by atoms with van der Waals surface area (Å²) in [5.41, 5.74) is 0. The Morgan fingerprint density at radius 1 is 0.861 bits per heavy atom. The van der Waals surface area contributed by atoms with Crippen LogP contribution in [0.2, 0.25) is 0 Å². The number of hydrogen-bond acceptors (Lipinski definition) is 9. The van der Waals surface area contributed by atoms with Crippen molar-refractivity contribution in [2.45, 2.75) is 61.3 Å². The topological polar surface area (TPSA) is 209 Å². The lowest BCUT2D eigenvalue weighted by Crippen LogP contribution is -2.41. The number of aliphatic carboxylic acids is 1. The van der Waals surface area contributed by atoms with E-state index < -0.39 is 38.0 Å². The first-order valence-corrected chi connectivity index (χ1v) is 14.2. The largest absolute Gasteiger partial charge is 0.481 e. The molecule has 1 rings (SSSR count). The molecule has 4 N–H and O–H groups in total. The summed E-state index contributed by atoms with van der Waals surface area (Å²) in [6.45, 7) is 13.9. The third-order valence-electron chi connectivity index (χ3n) is 3.52. The van der Waals surface area contributed by atoms with E-state index in [0.717, 1.165) is 16.4 Å². The molecule has 0 saturated heterocycles. The van der Waals surface area contributed by atoms with E-state index in [9.17, 15) is 31.2 Å². The monoisotopic (exact) mass is 558 g/mol. The maximum absolute atomic E-state index is 11.0. The summed E-state index contributed by atoms with van der Waals surface area (Å²) in [6.07, 6.45) is 2.47. The quantitative estimate of drug-likeness (QED) is 0.372. The van der Waals surface area contributed by atoms with E-state index >= 15 is 0 Å². The molecular weight excluding hydrogens is 516 g/mol. The molecule has 0 aliphatic rings. The van der Waals surface area contributed by atoms with Gasteiger partial charge in [-0.1, -0.05) is 55.4 Å². The SMILES string of the molecule is CC(C)C(=O)NS(=O)(=O)N(C)C.CC(C)C(=O)NS(C)(=O)=O.CC(C)C(=O)O.CC(C)c1ncn[nH]1. The zero-order valence-electron chi connectivity index (χ0n) is 22.8. The third-order valence-corrected chi connectivity index (χ3v) is 5.51. The Kier molecular flexibility index (Phi) is 18.7. The Balaban J connectivity index is -0.000000415. The lowest BCUT2D eigenvalue weighted by atomic mass is 10.2. The Bertz CT molecular complexity index is 987. The molecule has 212 valence electrons. The summed E-state index contributed by atoms with van der Waals surface area (Å²) in [5.74, 6) is -1.16.